The number of benzene rings is 1. The summed E-state index contributed by atoms with van der Waals surface area (Å²) in [5.74, 6) is 0.517. The van der Waals surface area contributed by atoms with E-state index in [0.29, 0.717) is 16.9 Å². The summed E-state index contributed by atoms with van der Waals surface area (Å²) < 4.78 is 10.2. The van der Waals surface area contributed by atoms with Gasteiger partial charge in [-0.15, -0.1) is 0 Å². The summed E-state index contributed by atoms with van der Waals surface area (Å²) in [6.07, 6.45) is 0. The molecule has 0 radical (unpaired) electrons. The number of hydrogen-bond acceptors (Lipinski definition) is 4. The van der Waals surface area contributed by atoms with E-state index in [0.717, 1.165) is 10.9 Å². The van der Waals surface area contributed by atoms with Crippen LogP contribution in [-0.4, -0.2) is 12.2 Å². The summed E-state index contributed by atoms with van der Waals surface area (Å²) in [6.45, 7) is 1.60. The third kappa shape index (κ3) is 1.57. The molecule has 0 amide bonds. The van der Waals surface area contributed by atoms with E-state index < -0.39 is 5.63 Å². The molecular formula is C12H12O4. The molecule has 84 valence electrons. The average Bonchev–Trinajstić information content (AvgIpc) is 2.27. The molecule has 16 heavy (non-hydrogen) atoms. The predicted molar refractivity (Wildman–Crippen MR) is 59.7 cm³/mol. The molecule has 0 aliphatic rings. The molecule has 0 aliphatic heterocycles. The highest BCUT2D eigenvalue weighted by atomic mass is 16.5. The van der Waals surface area contributed by atoms with Crippen molar-refractivity contribution < 1.29 is 14.3 Å². The number of aryl methyl sites for hydroxylation is 1. The highest BCUT2D eigenvalue weighted by Gasteiger charge is 2.11. The van der Waals surface area contributed by atoms with Gasteiger partial charge in [0.25, 0.3) is 0 Å². The molecule has 0 spiro atoms. The van der Waals surface area contributed by atoms with Gasteiger partial charge < -0.3 is 14.3 Å². The summed E-state index contributed by atoms with van der Waals surface area (Å²) >= 11 is 0. The van der Waals surface area contributed by atoms with Gasteiger partial charge in [-0.3, -0.25) is 0 Å². The van der Waals surface area contributed by atoms with Crippen LogP contribution in [0.2, 0.25) is 0 Å². The van der Waals surface area contributed by atoms with E-state index in [1.165, 1.54) is 13.2 Å². The van der Waals surface area contributed by atoms with Crippen molar-refractivity contribution in [3.8, 4) is 5.75 Å². The summed E-state index contributed by atoms with van der Waals surface area (Å²) in [5.41, 5.74) is 1.30. The number of fused-ring (bicyclic) bond motifs is 1. The van der Waals surface area contributed by atoms with Crippen LogP contribution in [0.3, 0.4) is 0 Å². The largest absolute Gasteiger partial charge is 0.496 e. The minimum Gasteiger partial charge on any atom is -0.496 e. The lowest BCUT2D eigenvalue weighted by Gasteiger charge is -2.09. The zero-order chi connectivity index (χ0) is 11.7. The Hall–Kier alpha value is -1.81. The molecule has 0 atom stereocenters. The molecular weight excluding hydrogens is 208 g/mol. The van der Waals surface area contributed by atoms with Crippen LogP contribution in [0.4, 0.5) is 0 Å². The van der Waals surface area contributed by atoms with Crippen molar-refractivity contribution in [2.24, 2.45) is 0 Å². The molecule has 4 nitrogen and oxygen atoms in total. The first-order valence-corrected chi connectivity index (χ1v) is 4.88. The maximum Gasteiger partial charge on any atom is 0.336 e. The topological polar surface area (TPSA) is 59.7 Å². The number of methoxy groups -OCH3 is 1. The van der Waals surface area contributed by atoms with Gasteiger partial charge in [-0.2, -0.15) is 0 Å². The van der Waals surface area contributed by atoms with Gasteiger partial charge in [0, 0.05) is 11.5 Å². The van der Waals surface area contributed by atoms with Crippen molar-refractivity contribution >= 4 is 11.0 Å². The van der Waals surface area contributed by atoms with Gasteiger partial charge in [-0.05, 0) is 24.6 Å². The number of rotatable bonds is 2. The summed E-state index contributed by atoms with van der Waals surface area (Å²) in [7, 11) is 1.51. The van der Waals surface area contributed by atoms with Crippen molar-refractivity contribution in [2.75, 3.05) is 7.11 Å². The minimum atomic E-state index is -0.423. The van der Waals surface area contributed by atoms with E-state index in [-0.39, 0.29) is 6.61 Å². The fourth-order valence-electron chi connectivity index (χ4n) is 1.76. The summed E-state index contributed by atoms with van der Waals surface area (Å²) in [5, 5.41) is 10.1. The van der Waals surface area contributed by atoms with Crippen molar-refractivity contribution in [1.82, 2.24) is 0 Å². The SMILES string of the molecule is COc1ccc2c(C)cc(=O)oc2c1CO. The normalized spacial score (nSPS) is 10.7. The number of hydrogen-bond donors (Lipinski definition) is 1. The molecule has 1 N–H and O–H groups in total. The van der Waals surface area contributed by atoms with Gasteiger partial charge in [0.1, 0.15) is 11.3 Å². The molecule has 0 unspecified atom stereocenters. The number of aliphatic hydroxyl groups excluding tert-OH is 1. The molecule has 0 bridgehead atoms. The lowest BCUT2D eigenvalue weighted by Crippen LogP contribution is -2.01. The van der Waals surface area contributed by atoms with Crippen LogP contribution >= 0.6 is 0 Å². The Labute approximate surface area is 92.1 Å². The monoisotopic (exact) mass is 220 g/mol. The van der Waals surface area contributed by atoms with Crippen molar-refractivity contribution in [2.45, 2.75) is 13.5 Å². The van der Waals surface area contributed by atoms with Crippen molar-refractivity contribution in [3.05, 3.63) is 39.7 Å². The fourth-order valence-corrected chi connectivity index (χ4v) is 1.76. The molecule has 0 saturated heterocycles. The molecule has 4 heteroatoms. The smallest absolute Gasteiger partial charge is 0.336 e. The second-order valence-electron chi connectivity index (χ2n) is 3.53. The van der Waals surface area contributed by atoms with Gasteiger partial charge in [-0.1, -0.05) is 0 Å². The lowest BCUT2D eigenvalue weighted by molar-refractivity contribution is 0.273. The van der Waals surface area contributed by atoms with Crippen LogP contribution in [0.25, 0.3) is 11.0 Å². The van der Waals surface area contributed by atoms with Crippen LogP contribution in [0.5, 0.6) is 5.75 Å². The lowest BCUT2D eigenvalue weighted by atomic mass is 10.1. The molecule has 0 aliphatic carbocycles. The van der Waals surface area contributed by atoms with E-state index in [9.17, 15) is 9.90 Å². The first kappa shape index (κ1) is 10.7. The second-order valence-corrected chi connectivity index (χ2v) is 3.53. The van der Waals surface area contributed by atoms with Crippen LogP contribution in [-0.2, 0) is 6.61 Å². The quantitative estimate of drug-likeness (QED) is 0.781. The summed E-state index contributed by atoms with van der Waals surface area (Å²) in [4.78, 5) is 11.3. The minimum absolute atomic E-state index is 0.229. The number of ether oxygens (including phenoxy) is 1. The second kappa shape index (κ2) is 3.98. The Morgan fingerprint density at radius 2 is 2.19 bits per heavy atom. The Balaban J connectivity index is 2.91. The fraction of sp³-hybridized carbons (Fsp3) is 0.250. The molecule has 1 aromatic carbocycles. The maximum absolute atomic E-state index is 11.3. The Kier molecular flexibility index (Phi) is 2.66. The molecule has 2 aromatic rings. The van der Waals surface area contributed by atoms with E-state index in [1.807, 2.05) is 13.0 Å². The van der Waals surface area contributed by atoms with E-state index in [1.54, 1.807) is 6.07 Å². The zero-order valence-electron chi connectivity index (χ0n) is 9.11. The van der Waals surface area contributed by atoms with Gasteiger partial charge >= 0.3 is 5.63 Å². The summed E-state index contributed by atoms with van der Waals surface area (Å²) in [6, 6.07) is 4.99. The van der Waals surface area contributed by atoms with Gasteiger partial charge in [-0.25, -0.2) is 4.79 Å². The molecule has 1 heterocycles. The average molecular weight is 220 g/mol. The maximum atomic E-state index is 11.3. The van der Waals surface area contributed by atoms with Gasteiger partial charge in [0.2, 0.25) is 0 Å². The first-order valence-electron chi connectivity index (χ1n) is 4.88. The van der Waals surface area contributed by atoms with Gasteiger partial charge in [0.15, 0.2) is 0 Å². The van der Waals surface area contributed by atoms with Crippen molar-refractivity contribution in [3.63, 3.8) is 0 Å². The van der Waals surface area contributed by atoms with E-state index >= 15 is 0 Å². The van der Waals surface area contributed by atoms with Crippen LogP contribution in [0, 0.1) is 6.92 Å². The first-order chi connectivity index (χ1) is 7.67. The highest BCUT2D eigenvalue weighted by Crippen LogP contribution is 2.28. The van der Waals surface area contributed by atoms with E-state index in [4.69, 9.17) is 9.15 Å². The Morgan fingerprint density at radius 3 is 2.81 bits per heavy atom. The predicted octanol–water partition coefficient (Wildman–Crippen LogP) is 1.60. The van der Waals surface area contributed by atoms with Crippen molar-refractivity contribution in [1.29, 1.82) is 0 Å². The van der Waals surface area contributed by atoms with Crippen LogP contribution in [0.15, 0.2) is 27.4 Å². The Bertz CT molecular complexity index is 583. The molecule has 2 rings (SSSR count). The van der Waals surface area contributed by atoms with E-state index in [2.05, 4.69) is 0 Å². The Morgan fingerprint density at radius 1 is 1.44 bits per heavy atom. The van der Waals surface area contributed by atoms with Crippen LogP contribution < -0.4 is 10.4 Å². The third-order valence-corrected chi connectivity index (χ3v) is 2.56. The zero-order valence-corrected chi connectivity index (χ0v) is 9.11. The highest BCUT2D eigenvalue weighted by molar-refractivity contribution is 5.84. The number of aliphatic hydroxyl groups is 1. The molecule has 1 aromatic heterocycles. The molecule has 0 saturated carbocycles. The standard InChI is InChI=1S/C12H12O4/c1-7-5-11(14)16-12-8(7)3-4-10(15-2)9(12)6-13/h3-5,13H,6H2,1-2H3. The van der Waals surface area contributed by atoms with Gasteiger partial charge in [0.05, 0.1) is 19.3 Å². The third-order valence-electron chi connectivity index (χ3n) is 2.56. The molecule has 0 fully saturated rings. The van der Waals surface area contributed by atoms with Crippen LogP contribution in [0.1, 0.15) is 11.1 Å².